The third-order valence-corrected chi connectivity index (χ3v) is 7.55. The van der Waals surface area contributed by atoms with E-state index in [-0.39, 0.29) is 23.4 Å². The minimum Gasteiger partial charge on any atom is -0.341 e. The fourth-order valence-electron chi connectivity index (χ4n) is 4.52. The Morgan fingerprint density at radius 3 is 2.57 bits per heavy atom. The topological polar surface area (TPSA) is 68.1 Å². The maximum absolute atomic E-state index is 13.1. The van der Waals surface area contributed by atoms with Crippen molar-refractivity contribution in [3.8, 4) is 0 Å². The summed E-state index contributed by atoms with van der Waals surface area (Å²) < 4.78 is 1.28. The summed E-state index contributed by atoms with van der Waals surface area (Å²) in [4.78, 5) is 29.7. The molecule has 0 aromatic carbocycles. The Balaban J connectivity index is 1.61. The second-order valence-electron chi connectivity index (χ2n) is 9.34. The fraction of sp³-hybridized carbons (Fsp3) is 0.714. The number of aryl methyl sites for hydroxylation is 1. The van der Waals surface area contributed by atoms with Crippen molar-refractivity contribution in [3.63, 3.8) is 0 Å². The Bertz CT molecular complexity index is 932. The zero-order valence-electron chi connectivity index (χ0n) is 17.2. The minimum atomic E-state index is -0.153. The Morgan fingerprint density at radius 2 is 1.89 bits per heavy atom. The molecular weight excluding hydrogens is 372 g/mol. The van der Waals surface area contributed by atoms with Crippen LogP contribution in [0.15, 0.2) is 4.79 Å². The number of hydrogen-bond acceptors (Lipinski definition) is 5. The Kier molecular flexibility index (Phi) is 5.29. The van der Waals surface area contributed by atoms with Crippen molar-refractivity contribution in [3.05, 3.63) is 20.8 Å². The number of carbonyl (C=O) groups excluding carboxylic acids is 1. The van der Waals surface area contributed by atoms with Gasteiger partial charge < -0.3 is 4.90 Å². The molecule has 1 saturated heterocycles. The van der Waals surface area contributed by atoms with Crippen LogP contribution in [0.4, 0.5) is 0 Å². The SMILES string of the molecule is CC(C)(C)C1CCc2c(sc3nnn(CC(=O)N4CCCCCC4)c(=O)c23)C1. The van der Waals surface area contributed by atoms with Gasteiger partial charge in [0.15, 0.2) is 4.83 Å². The molecule has 4 rings (SSSR count). The van der Waals surface area contributed by atoms with E-state index in [1.54, 1.807) is 11.3 Å². The average Bonchev–Trinajstić information content (AvgIpc) is 2.82. The van der Waals surface area contributed by atoms with E-state index in [9.17, 15) is 9.59 Å². The van der Waals surface area contributed by atoms with Gasteiger partial charge >= 0.3 is 0 Å². The number of amides is 1. The predicted molar refractivity (Wildman–Crippen MR) is 112 cm³/mol. The van der Waals surface area contributed by atoms with E-state index in [1.807, 2.05) is 4.90 Å². The average molecular weight is 403 g/mol. The first kappa shape index (κ1) is 19.6. The summed E-state index contributed by atoms with van der Waals surface area (Å²) >= 11 is 1.61. The Morgan fingerprint density at radius 1 is 1.18 bits per heavy atom. The maximum atomic E-state index is 13.1. The summed E-state index contributed by atoms with van der Waals surface area (Å²) in [5, 5.41) is 9.10. The molecule has 0 saturated carbocycles. The highest BCUT2D eigenvalue weighted by Gasteiger charge is 2.32. The highest BCUT2D eigenvalue weighted by molar-refractivity contribution is 7.18. The molecule has 152 valence electrons. The van der Waals surface area contributed by atoms with Gasteiger partial charge in [0.05, 0.1) is 5.39 Å². The van der Waals surface area contributed by atoms with Crippen molar-refractivity contribution in [2.75, 3.05) is 13.1 Å². The molecule has 0 N–H and O–H groups in total. The van der Waals surface area contributed by atoms with Gasteiger partial charge in [0, 0.05) is 18.0 Å². The van der Waals surface area contributed by atoms with E-state index in [4.69, 9.17) is 0 Å². The van der Waals surface area contributed by atoms with E-state index >= 15 is 0 Å². The molecule has 2 aliphatic rings. The molecule has 1 amide bonds. The first-order valence-electron chi connectivity index (χ1n) is 10.5. The smallest absolute Gasteiger partial charge is 0.279 e. The van der Waals surface area contributed by atoms with Crippen LogP contribution >= 0.6 is 11.3 Å². The molecule has 0 radical (unpaired) electrons. The summed E-state index contributed by atoms with van der Waals surface area (Å²) in [7, 11) is 0. The third kappa shape index (κ3) is 3.73. The van der Waals surface area contributed by atoms with Crippen LogP contribution in [0.5, 0.6) is 0 Å². The standard InChI is InChI=1S/C21H30N4O2S/c1-21(2,3)14-8-9-15-16(12-14)28-19-18(15)20(27)25(23-22-19)13-17(26)24-10-6-4-5-7-11-24/h14H,4-13H2,1-3H3. The van der Waals surface area contributed by atoms with Crippen molar-refractivity contribution < 1.29 is 4.79 Å². The lowest BCUT2D eigenvalue weighted by molar-refractivity contribution is -0.132. The van der Waals surface area contributed by atoms with Gasteiger partial charge in [0.2, 0.25) is 5.91 Å². The van der Waals surface area contributed by atoms with E-state index in [1.165, 1.54) is 22.4 Å². The summed E-state index contributed by atoms with van der Waals surface area (Å²) in [5.74, 6) is 0.599. The van der Waals surface area contributed by atoms with Crippen molar-refractivity contribution in [1.29, 1.82) is 0 Å². The van der Waals surface area contributed by atoms with Gasteiger partial charge in [-0.15, -0.1) is 16.4 Å². The molecule has 6 nitrogen and oxygen atoms in total. The molecule has 3 heterocycles. The number of thiophene rings is 1. The van der Waals surface area contributed by atoms with Gasteiger partial charge in [0.1, 0.15) is 6.54 Å². The van der Waals surface area contributed by atoms with Gasteiger partial charge in [-0.1, -0.05) is 38.8 Å². The quantitative estimate of drug-likeness (QED) is 0.772. The number of aromatic nitrogens is 3. The van der Waals surface area contributed by atoms with E-state index in [0.717, 1.165) is 55.6 Å². The van der Waals surface area contributed by atoms with Crippen LogP contribution in [0, 0.1) is 11.3 Å². The van der Waals surface area contributed by atoms with Crippen LogP contribution in [0.3, 0.4) is 0 Å². The van der Waals surface area contributed by atoms with E-state index in [2.05, 4.69) is 31.1 Å². The van der Waals surface area contributed by atoms with E-state index < -0.39 is 0 Å². The van der Waals surface area contributed by atoms with E-state index in [0.29, 0.717) is 11.3 Å². The van der Waals surface area contributed by atoms with Crippen molar-refractivity contribution in [2.45, 2.75) is 72.3 Å². The first-order valence-corrected chi connectivity index (χ1v) is 11.3. The van der Waals surface area contributed by atoms with Crippen LogP contribution in [-0.2, 0) is 24.2 Å². The largest absolute Gasteiger partial charge is 0.341 e. The van der Waals surface area contributed by atoms with Gasteiger partial charge in [-0.3, -0.25) is 9.59 Å². The third-order valence-electron chi connectivity index (χ3n) is 6.41. The molecular formula is C21H30N4O2S. The number of hydrogen-bond donors (Lipinski definition) is 0. The monoisotopic (exact) mass is 402 g/mol. The zero-order valence-corrected chi connectivity index (χ0v) is 18.0. The molecule has 2 aromatic heterocycles. The van der Waals surface area contributed by atoms with Crippen LogP contribution in [0.2, 0.25) is 0 Å². The maximum Gasteiger partial charge on any atom is 0.279 e. The van der Waals surface area contributed by atoms with Crippen LogP contribution in [0.25, 0.3) is 10.2 Å². The normalized spacial score (nSPS) is 20.8. The van der Waals surface area contributed by atoms with Crippen molar-refractivity contribution in [2.24, 2.45) is 11.3 Å². The second kappa shape index (κ2) is 7.58. The van der Waals surface area contributed by atoms with Gasteiger partial charge in [-0.2, -0.15) is 0 Å². The lowest BCUT2D eigenvalue weighted by atomic mass is 9.72. The number of fused-ring (bicyclic) bond motifs is 3. The van der Waals surface area contributed by atoms with Gasteiger partial charge in [-0.05, 0) is 49.0 Å². The summed E-state index contributed by atoms with van der Waals surface area (Å²) in [6.45, 7) is 8.43. The predicted octanol–water partition coefficient (Wildman–Crippen LogP) is 3.41. The summed E-state index contributed by atoms with van der Waals surface area (Å²) in [5.41, 5.74) is 1.26. The molecule has 7 heteroatoms. The highest BCUT2D eigenvalue weighted by Crippen LogP contribution is 2.41. The molecule has 2 aromatic rings. The van der Waals surface area contributed by atoms with Gasteiger partial charge in [-0.25, -0.2) is 4.68 Å². The fourth-order valence-corrected chi connectivity index (χ4v) is 5.75. The minimum absolute atomic E-state index is 0.00297. The Labute approximate surface area is 169 Å². The molecule has 1 aliphatic heterocycles. The number of carbonyl (C=O) groups is 1. The van der Waals surface area contributed by atoms with Crippen LogP contribution in [-0.4, -0.2) is 38.9 Å². The van der Waals surface area contributed by atoms with Crippen LogP contribution in [0.1, 0.15) is 63.3 Å². The molecule has 1 fully saturated rings. The lowest BCUT2D eigenvalue weighted by Crippen LogP contribution is -2.38. The number of rotatable bonds is 2. The zero-order chi connectivity index (χ0) is 19.9. The molecule has 1 atom stereocenters. The summed E-state index contributed by atoms with van der Waals surface area (Å²) in [6.07, 6.45) is 7.44. The summed E-state index contributed by atoms with van der Waals surface area (Å²) in [6, 6.07) is 0. The molecule has 28 heavy (non-hydrogen) atoms. The molecule has 0 bridgehead atoms. The number of nitrogens with zero attached hydrogens (tertiary/aromatic N) is 4. The van der Waals surface area contributed by atoms with Gasteiger partial charge in [0.25, 0.3) is 5.56 Å². The molecule has 1 unspecified atom stereocenters. The van der Waals surface area contributed by atoms with Crippen molar-refractivity contribution in [1.82, 2.24) is 19.9 Å². The molecule has 0 spiro atoms. The lowest BCUT2D eigenvalue weighted by Gasteiger charge is -2.33. The van der Waals surface area contributed by atoms with Crippen molar-refractivity contribution >= 4 is 27.5 Å². The Hall–Kier alpha value is -1.76. The highest BCUT2D eigenvalue weighted by atomic mass is 32.1. The second-order valence-corrected chi connectivity index (χ2v) is 10.4. The van der Waals surface area contributed by atoms with Crippen LogP contribution < -0.4 is 5.56 Å². The molecule has 1 aliphatic carbocycles. The first-order chi connectivity index (χ1) is 13.3. The number of likely N-dealkylation sites (tertiary alicyclic amines) is 1.